The van der Waals surface area contributed by atoms with Crippen LogP contribution in [0.3, 0.4) is 0 Å². The Morgan fingerprint density at radius 3 is 2.28 bits per heavy atom. The molecule has 0 aliphatic carbocycles. The van der Waals surface area contributed by atoms with Crippen molar-refractivity contribution in [1.29, 1.82) is 0 Å². The van der Waals surface area contributed by atoms with Gasteiger partial charge in [-0.3, -0.25) is 0 Å². The summed E-state index contributed by atoms with van der Waals surface area (Å²) in [5, 5.41) is 10.00. The van der Waals surface area contributed by atoms with Crippen LogP contribution in [0.4, 0.5) is 4.39 Å². The van der Waals surface area contributed by atoms with E-state index in [1.54, 1.807) is 12.1 Å². The molecule has 1 heterocycles. The van der Waals surface area contributed by atoms with Crippen molar-refractivity contribution in [2.24, 2.45) is 0 Å². The maximum Gasteiger partial charge on any atom is 0.213 e. The third kappa shape index (κ3) is 2.59. The van der Waals surface area contributed by atoms with Crippen molar-refractivity contribution < 1.29 is 9.50 Å². The van der Waals surface area contributed by atoms with Gasteiger partial charge in [0.25, 0.3) is 0 Å². The molecule has 0 amide bonds. The Bertz CT molecular complexity index is 581. The fraction of sp³-hybridized carbons (Fsp3) is 0.0833. The molecule has 0 saturated heterocycles. The molecule has 6 heteroatoms. The molecule has 2 rings (SSSR count). The van der Waals surface area contributed by atoms with E-state index in [2.05, 4.69) is 4.98 Å². The Kier molecular flexibility index (Phi) is 4.07. The number of aliphatic hydroxyl groups is 1. The SMILES string of the molecule is OCc1nc(F)ccc1-c1cc(Cl)c(Cl)c(Cl)c1. The zero-order valence-corrected chi connectivity index (χ0v) is 11.2. The second kappa shape index (κ2) is 5.41. The van der Waals surface area contributed by atoms with E-state index >= 15 is 0 Å². The van der Waals surface area contributed by atoms with Gasteiger partial charge in [0.05, 0.1) is 27.4 Å². The number of nitrogens with zero attached hydrogens (tertiary/aromatic N) is 1. The highest BCUT2D eigenvalue weighted by Crippen LogP contribution is 2.35. The highest BCUT2D eigenvalue weighted by atomic mass is 35.5. The second-order valence-electron chi connectivity index (χ2n) is 3.54. The van der Waals surface area contributed by atoms with E-state index in [9.17, 15) is 9.50 Å². The Labute approximate surface area is 118 Å². The Balaban J connectivity index is 2.62. The first kappa shape index (κ1) is 13.6. The Morgan fingerprint density at radius 1 is 1.11 bits per heavy atom. The molecule has 94 valence electrons. The predicted molar refractivity (Wildman–Crippen MR) is 70.6 cm³/mol. The van der Waals surface area contributed by atoms with Crippen LogP contribution >= 0.6 is 34.8 Å². The van der Waals surface area contributed by atoms with Gasteiger partial charge < -0.3 is 5.11 Å². The lowest BCUT2D eigenvalue weighted by atomic mass is 10.0. The number of benzene rings is 1. The van der Waals surface area contributed by atoms with Crippen molar-refractivity contribution in [3.8, 4) is 11.1 Å². The van der Waals surface area contributed by atoms with Crippen LogP contribution in [0, 0.1) is 5.95 Å². The number of hydrogen-bond donors (Lipinski definition) is 1. The molecule has 0 atom stereocenters. The van der Waals surface area contributed by atoms with Crippen LogP contribution in [0.1, 0.15) is 5.69 Å². The number of aromatic nitrogens is 1. The molecule has 1 N–H and O–H groups in total. The van der Waals surface area contributed by atoms with Crippen LogP contribution in [0.2, 0.25) is 15.1 Å². The molecular weight excluding hydrogens is 299 g/mol. The summed E-state index contributed by atoms with van der Waals surface area (Å²) in [6.45, 7) is -0.384. The molecule has 0 aliphatic rings. The minimum atomic E-state index is -0.658. The molecule has 2 aromatic rings. The molecule has 1 aromatic carbocycles. The van der Waals surface area contributed by atoms with Gasteiger partial charge in [-0.1, -0.05) is 34.8 Å². The van der Waals surface area contributed by atoms with Gasteiger partial charge >= 0.3 is 0 Å². The fourth-order valence-electron chi connectivity index (χ4n) is 1.57. The first-order chi connectivity index (χ1) is 8.52. The van der Waals surface area contributed by atoms with Gasteiger partial charge in [-0.2, -0.15) is 4.39 Å². The molecule has 0 saturated carbocycles. The van der Waals surface area contributed by atoms with Crippen molar-refractivity contribution >= 4 is 34.8 Å². The maximum atomic E-state index is 13.0. The van der Waals surface area contributed by atoms with Gasteiger partial charge in [0.15, 0.2) is 0 Å². The number of aliphatic hydroxyl groups excluding tert-OH is 1. The van der Waals surface area contributed by atoms with Crippen LogP contribution in [0.15, 0.2) is 24.3 Å². The Hall–Kier alpha value is -0.870. The van der Waals surface area contributed by atoms with Crippen LogP contribution in [-0.4, -0.2) is 10.1 Å². The summed E-state index contributed by atoms with van der Waals surface area (Å²) in [6, 6.07) is 5.88. The quantitative estimate of drug-likeness (QED) is 0.661. The third-order valence-electron chi connectivity index (χ3n) is 2.38. The molecule has 1 aromatic heterocycles. The van der Waals surface area contributed by atoms with Gasteiger partial charge in [-0.05, 0) is 29.8 Å². The first-order valence-electron chi connectivity index (χ1n) is 4.94. The summed E-state index contributed by atoms with van der Waals surface area (Å²) in [7, 11) is 0. The lowest BCUT2D eigenvalue weighted by molar-refractivity contribution is 0.275. The summed E-state index contributed by atoms with van der Waals surface area (Å²) < 4.78 is 13.0. The van der Waals surface area contributed by atoms with E-state index in [0.29, 0.717) is 11.1 Å². The van der Waals surface area contributed by atoms with Gasteiger partial charge in [0.2, 0.25) is 5.95 Å². The zero-order valence-electron chi connectivity index (χ0n) is 8.92. The second-order valence-corrected chi connectivity index (χ2v) is 4.73. The topological polar surface area (TPSA) is 33.1 Å². The molecule has 0 aliphatic heterocycles. The van der Waals surface area contributed by atoms with Crippen molar-refractivity contribution in [1.82, 2.24) is 4.98 Å². The van der Waals surface area contributed by atoms with Gasteiger partial charge in [0.1, 0.15) is 0 Å². The molecule has 18 heavy (non-hydrogen) atoms. The monoisotopic (exact) mass is 305 g/mol. The van der Waals surface area contributed by atoms with Gasteiger partial charge in [-0.15, -0.1) is 0 Å². The van der Waals surface area contributed by atoms with Crippen LogP contribution in [0.5, 0.6) is 0 Å². The normalized spacial score (nSPS) is 10.7. The number of halogens is 4. The number of pyridine rings is 1. The predicted octanol–water partition coefficient (Wildman–Crippen LogP) is 4.34. The van der Waals surface area contributed by atoms with E-state index in [4.69, 9.17) is 34.8 Å². The third-order valence-corrected chi connectivity index (χ3v) is 3.58. The average Bonchev–Trinajstić information content (AvgIpc) is 2.35. The van der Waals surface area contributed by atoms with Gasteiger partial charge in [0, 0.05) is 5.56 Å². The highest BCUT2D eigenvalue weighted by Gasteiger charge is 2.12. The molecule has 2 nitrogen and oxygen atoms in total. The summed E-state index contributed by atoms with van der Waals surface area (Å²) in [6.07, 6.45) is 0. The van der Waals surface area contributed by atoms with Crippen LogP contribution in [0.25, 0.3) is 11.1 Å². The minimum Gasteiger partial charge on any atom is -0.390 e. The largest absolute Gasteiger partial charge is 0.390 e. The lowest BCUT2D eigenvalue weighted by Gasteiger charge is -2.09. The summed E-state index contributed by atoms with van der Waals surface area (Å²) in [5.74, 6) is -0.658. The molecule has 0 unspecified atom stereocenters. The van der Waals surface area contributed by atoms with E-state index in [0.717, 1.165) is 0 Å². The Morgan fingerprint density at radius 2 is 1.72 bits per heavy atom. The van der Waals surface area contributed by atoms with Gasteiger partial charge in [-0.25, -0.2) is 4.98 Å². The van der Waals surface area contributed by atoms with E-state index in [1.807, 2.05) is 0 Å². The molecule has 0 radical (unpaired) electrons. The molecular formula is C12H7Cl3FNO. The lowest BCUT2D eigenvalue weighted by Crippen LogP contribution is -1.96. The molecule has 0 bridgehead atoms. The molecule has 0 fully saturated rings. The van der Waals surface area contributed by atoms with E-state index in [1.165, 1.54) is 12.1 Å². The zero-order chi connectivity index (χ0) is 13.3. The summed E-state index contributed by atoms with van der Waals surface area (Å²) in [4.78, 5) is 3.61. The summed E-state index contributed by atoms with van der Waals surface area (Å²) in [5.41, 5.74) is 1.38. The fourth-order valence-corrected chi connectivity index (χ4v) is 2.17. The van der Waals surface area contributed by atoms with E-state index in [-0.39, 0.29) is 27.4 Å². The van der Waals surface area contributed by atoms with Crippen molar-refractivity contribution in [2.75, 3.05) is 0 Å². The maximum absolute atomic E-state index is 13.0. The van der Waals surface area contributed by atoms with Crippen LogP contribution in [-0.2, 0) is 6.61 Å². The van der Waals surface area contributed by atoms with Crippen molar-refractivity contribution in [2.45, 2.75) is 6.61 Å². The van der Waals surface area contributed by atoms with Crippen molar-refractivity contribution in [3.05, 3.63) is 51.0 Å². The standard InChI is InChI=1S/C12H7Cl3FNO/c13-8-3-6(4-9(14)12(8)15)7-1-2-11(16)17-10(7)5-18/h1-4,18H,5H2. The highest BCUT2D eigenvalue weighted by molar-refractivity contribution is 6.48. The summed E-state index contributed by atoms with van der Waals surface area (Å²) >= 11 is 17.7. The minimum absolute atomic E-state index is 0.212. The van der Waals surface area contributed by atoms with E-state index < -0.39 is 5.95 Å². The average molecular weight is 307 g/mol. The van der Waals surface area contributed by atoms with Crippen LogP contribution < -0.4 is 0 Å². The van der Waals surface area contributed by atoms with Crippen molar-refractivity contribution in [3.63, 3.8) is 0 Å². The number of hydrogen-bond acceptors (Lipinski definition) is 2. The first-order valence-corrected chi connectivity index (χ1v) is 6.07. The smallest absolute Gasteiger partial charge is 0.213 e. The molecule has 0 spiro atoms. The number of rotatable bonds is 2.